The lowest BCUT2D eigenvalue weighted by molar-refractivity contribution is -0.192. The number of piperidine rings is 1. The van der Waals surface area contributed by atoms with Crippen molar-refractivity contribution < 1.29 is 27.9 Å². The second kappa shape index (κ2) is 9.88. The van der Waals surface area contributed by atoms with Crippen LogP contribution in [0.2, 0.25) is 0 Å². The van der Waals surface area contributed by atoms with E-state index in [0.29, 0.717) is 0 Å². The number of aromatic nitrogens is 2. The molecule has 10 heteroatoms. The van der Waals surface area contributed by atoms with Crippen LogP contribution in [0.5, 0.6) is 0 Å². The lowest BCUT2D eigenvalue weighted by atomic mass is 9.72. The largest absolute Gasteiger partial charge is 0.490 e. The highest BCUT2D eigenvalue weighted by Gasteiger charge is 2.46. The van der Waals surface area contributed by atoms with Crippen LogP contribution < -0.4 is 0 Å². The van der Waals surface area contributed by atoms with E-state index in [1.54, 1.807) is 0 Å². The topological polar surface area (TPSA) is 78.7 Å². The zero-order chi connectivity index (χ0) is 26.3. The number of halogens is 3. The van der Waals surface area contributed by atoms with Gasteiger partial charge < -0.3 is 10.0 Å². The number of benzene rings is 1. The van der Waals surface area contributed by atoms with Gasteiger partial charge in [0, 0.05) is 38.3 Å². The summed E-state index contributed by atoms with van der Waals surface area (Å²) in [6.45, 7) is 9.26. The van der Waals surface area contributed by atoms with Gasteiger partial charge in [-0.3, -0.25) is 14.4 Å². The van der Waals surface area contributed by atoms with E-state index in [1.165, 1.54) is 29.5 Å². The summed E-state index contributed by atoms with van der Waals surface area (Å²) in [5.74, 6) is -1.85. The van der Waals surface area contributed by atoms with Crippen molar-refractivity contribution in [1.82, 2.24) is 19.6 Å². The van der Waals surface area contributed by atoms with Crippen molar-refractivity contribution in [2.24, 2.45) is 5.92 Å². The Balaban J connectivity index is 0.000000384. The Bertz CT molecular complexity index is 1110. The number of aliphatic carboxylic acids is 1. The number of carboxylic acid groups (broad SMARTS) is 1. The molecule has 1 aliphatic carbocycles. The fraction of sp³-hybridized carbons (Fsp3) is 0.577. The van der Waals surface area contributed by atoms with Gasteiger partial charge in [-0.05, 0) is 64.1 Å². The summed E-state index contributed by atoms with van der Waals surface area (Å²) < 4.78 is 33.8. The summed E-state index contributed by atoms with van der Waals surface area (Å²) >= 11 is 0. The van der Waals surface area contributed by atoms with Gasteiger partial charge in [-0.25, -0.2) is 4.79 Å². The first-order valence-electron chi connectivity index (χ1n) is 12.3. The van der Waals surface area contributed by atoms with Crippen molar-refractivity contribution in [1.29, 1.82) is 0 Å². The lowest BCUT2D eigenvalue weighted by Gasteiger charge is -2.45. The smallest absolute Gasteiger partial charge is 0.475 e. The molecule has 1 spiro atoms. The second-order valence-corrected chi connectivity index (χ2v) is 10.6. The van der Waals surface area contributed by atoms with Gasteiger partial charge in [-0.2, -0.15) is 18.3 Å². The predicted octanol–water partition coefficient (Wildman–Crippen LogP) is 4.16. The number of hydrogen-bond donors (Lipinski definition) is 1. The average molecular weight is 507 g/mol. The van der Waals surface area contributed by atoms with Gasteiger partial charge >= 0.3 is 12.1 Å². The Labute approximate surface area is 208 Å². The fourth-order valence-electron chi connectivity index (χ4n) is 5.39. The molecule has 196 valence electrons. The maximum absolute atomic E-state index is 12.8. The Morgan fingerprint density at radius 1 is 1.14 bits per heavy atom. The van der Waals surface area contributed by atoms with Crippen molar-refractivity contribution in [2.45, 2.75) is 64.2 Å². The summed E-state index contributed by atoms with van der Waals surface area (Å²) in [4.78, 5) is 26.2. The molecule has 2 aliphatic heterocycles. The summed E-state index contributed by atoms with van der Waals surface area (Å²) in [6, 6.07) is 6.85. The fourth-order valence-corrected chi connectivity index (χ4v) is 5.39. The van der Waals surface area contributed by atoms with Crippen molar-refractivity contribution in [2.75, 3.05) is 26.7 Å². The molecule has 2 aromatic rings. The molecule has 36 heavy (non-hydrogen) atoms. The molecule has 0 radical (unpaired) electrons. The molecule has 0 bridgehead atoms. The highest BCUT2D eigenvalue weighted by molar-refractivity contribution is 5.96. The van der Waals surface area contributed by atoms with E-state index in [4.69, 9.17) is 15.0 Å². The zero-order valence-corrected chi connectivity index (χ0v) is 20.9. The van der Waals surface area contributed by atoms with E-state index in [1.807, 2.05) is 18.1 Å². The van der Waals surface area contributed by atoms with E-state index in [9.17, 15) is 18.0 Å². The summed E-state index contributed by atoms with van der Waals surface area (Å²) in [5.41, 5.74) is 6.03. The minimum atomic E-state index is -5.08. The van der Waals surface area contributed by atoms with Crippen molar-refractivity contribution in [3.05, 3.63) is 52.3 Å². The minimum absolute atomic E-state index is 0.0197. The van der Waals surface area contributed by atoms with Crippen molar-refractivity contribution in [3.8, 4) is 0 Å². The van der Waals surface area contributed by atoms with Gasteiger partial charge in [0.05, 0.1) is 11.3 Å². The molecule has 0 atom stereocenters. The van der Waals surface area contributed by atoms with Gasteiger partial charge in [0.1, 0.15) is 0 Å². The molecule has 3 aliphatic rings. The van der Waals surface area contributed by atoms with Gasteiger partial charge in [0.2, 0.25) is 0 Å². The standard InChI is InChI=1S/C24H32N4O.C2HF3O2/c1-17-10-18(2)12-20(11-17)13-27-8-6-24(7-9-27)16-26(3)23(29)21-15-28(25-22(21)24)14-19-4-5-19;3-2(4,5)1(6)7/h10-12,15,19H,4-9,13-14,16H2,1-3H3;(H,6,7). The lowest BCUT2D eigenvalue weighted by Crippen LogP contribution is -2.53. The van der Waals surface area contributed by atoms with Crippen LogP contribution in [-0.4, -0.2) is 69.4 Å². The maximum atomic E-state index is 12.8. The van der Waals surface area contributed by atoms with E-state index >= 15 is 0 Å². The Morgan fingerprint density at radius 3 is 2.25 bits per heavy atom. The highest BCUT2D eigenvalue weighted by Crippen LogP contribution is 2.41. The SMILES string of the molecule is Cc1cc(C)cc(CN2CCC3(CC2)CN(C)C(=O)c2cn(CC4CC4)nc23)c1.O=C(O)C(F)(F)F. The molecule has 1 saturated carbocycles. The predicted molar refractivity (Wildman–Crippen MR) is 128 cm³/mol. The van der Waals surface area contributed by atoms with Crippen molar-refractivity contribution in [3.63, 3.8) is 0 Å². The molecular weight excluding hydrogens is 473 g/mol. The second-order valence-electron chi connectivity index (χ2n) is 10.6. The van der Waals surface area contributed by atoms with Crippen LogP contribution in [0.4, 0.5) is 13.2 Å². The van der Waals surface area contributed by atoms with E-state index in [2.05, 4.69) is 41.6 Å². The first-order chi connectivity index (χ1) is 16.9. The van der Waals surface area contributed by atoms with Crippen molar-refractivity contribution >= 4 is 11.9 Å². The number of likely N-dealkylation sites (tertiary alicyclic amines) is 1. The van der Waals surface area contributed by atoms with Crippen LogP contribution in [0.15, 0.2) is 24.4 Å². The van der Waals surface area contributed by atoms with Gasteiger partial charge in [-0.1, -0.05) is 29.3 Å². The molecule has 7 nitrogen and oxygen atoms in total. The molecule has 1 amide bonds. The third kappa shape index (κ3) is 5.91. The number of hydrogen-bond acceptors (Lipinski definition) is 4. The first kappa shape index (κ1) is 26.2. The molecule has 5 rings (SSSR count). The first-order valence-corrected chi connectivity index (χ1v) is 12.3. The van der Waals surface area contributed by atoms with E-state index < -0.39 is 12.1 Å². The molecule has 3 heterocycles. The number of amides is 1. The molecule has 0 unspecified atom stereocenters. The highest BCUT2D eigenvalue weighted by atomic mass is 19.4. The molecule has 1 saturated heterocycles. The number of carbonyl (C=O) groups excluding carboxylic acids is 1. The molecule has 1 aromatic heterocycles. The third-order valence-electron chi connectivity index (χ3n) is 7.27. The van der Waals surface area contributed by atoms with Crippen LogP contribution in [0.1, 0.15) is 58.4 Å². The van der Waals surface area contributed by atoms with Crippen LogP contribution in [0.25, 0.3) is 0 Å². The summed E-state index contributed by atoms with van der Waals surface area (Å²) in [5, 5.41) is 12.1. The number of carbonyl (C=O) groups is 2. The number of aryl methyl sites for hydroxylation is 2. The Hall–Kier alpha value is -2.88. The number of nitrogens with zero attached hydrogens (tertiary/aromatic N) is 4. The van der Waals surface area contributed by atoms with Crippen LogP contribution in [-0.2, 0) is 23.3 Å². The minimum Gasteiger partial charge on any atom is -0.475 e. The maximum Gasteiger partial charge on any atom is 0.490 e. The molecule has 1 N–H and O–H groups in total. The summed E-state index contributed by atoms with van der Waals surface area (Å²) in [7, 11) is 1.95. The Morgan fingerprint density at radius 2 is 1.72 bits per heavy atom. The number of alkyl halides is 3. The van der Waals surface area contributed by atoms with Crippen LogP contribution in [0, 0.1) is 19.8 Å². The summed E-state index contributed by atoms with van der Waals surface area (Å²) in [6.07, 6.45) is 1.69. The zero-order valence-electron chi connectivity index (χ0n) is 20.9. The normalized spacial score (nSPS) is 19.6. The number of carboxylic acids is 1. The Kier molecular flexibility index (Phi) is 7.19. The number of likely N-dealkylation sites (N-methyl/N-ethyl adjacent to an activating group) is 1. The van der Waals surface area contributed by atoms with E-state index in [-0.39, 0.29) is 11.3 Å². The molecule has 1 aromatic carbocycles. The molecule has 2 fully saturated rings. The number of rotatable bonds is 4. The average Bonchev–Trinajstić information content (AvgIpc) is 3.48. The third-order valence-corrected chi connectivity index (χ3v) is 7.27. The monoisotopic (exact) mass is 506 g/mol. The molecular formula is C26H33F3N4O3. The van der Waals surface area contributed by atoms with Gasteiger partial charge in [-0.15, -0.1) is 0 Å². The van der Waals surface area contributed by atoms with Gasteiger partial charge in [0.25, 0.3) is 5.91 Å². The van der Waals surface area contributed by atoms with E-state index in [0.717, 1.165) is 62.7 Å². The number of fused-ring (bicyclic) bond motifs is 2. The van der Waals surface area contributed by atoms with Gasteiger partial charge in [0.15, 0.2) is 0 Å². The van der Waals surface area contributed by atoms with Crippen LogP contribution >= 0.6 is 0 Å². The van der Waals surface area contributed by atoms with Crippen LogP contribution in [0.3, 0.4) is 0 Å². The quantitative estimate of drug-likeness (QED) is 0.674.